The predicted octanol–water partition coefficient (Wildman–Crippen LogP) is 1.55. The third-order valence-electron chi connectivity index (χ3n) is 5.92. The lowest BCUT2D eigenvalue weighted by Gasteiger charge is -2.41. The monoisotopic (exact) mass is 400 g/mol. The molecule has 7 heteroatoms. The Bertz CT molecular complexity index is 694. The van der Waals surface area contributed by atoms with Gasteiger partial charge >= 0.3 is 0 Å². The second-order valence-corrected chi connectivity index (χ2v) is 8.58. The third kappa shape index (κ3) is 6.10. The number of piperazine rings is 1. The third-order valence-corrected chi connectivity index (χ3v) is 5.92. The molecule has 0 aliphatic carbocycles. The fourth-order valence-electron chi connectivity index (χ4n) is 4.00. The van der Waals surface area contributed by atoms with Crippen LogP contribution in [0.25, 0.3) is 0 Å². The van der Waals surface area contributed by atoms with E-state index in [1.54, 1.807) is 0 Å². The summed E-state index contributed by atoms with van der Waals surface area (Å²) in [7, 11) is 1.81. The topological polar surface area (TPSA) is 72.0 Å². The van der Waals surface area contributed by atoms with Crippen molar-refractivity contribution < 1.29 is 4.79 Å². The SMILES string of the molecule is CN=C(NCc1ccc(N2CCNC(=O)C2)cc1)NCC(C)(C)N1CCCCC1. The first kappa shape index (κ1) is 21.4. The highest BCUT2D eigenvalue weighted by atomic mass is 16.2. The molecule has 0 radical (unpaired) electrons. The van der Waals surface area contributed by atoms with Crippen molar-refractivity contribution in [2.45, 2.75) is 45.2 Å². The quantitative estimate of drug-likeness (QED) is 0.499. The Kier molecular flexibility index (Phi) is 7.36. The Labute approximate surface area is 174 Å². The van der Waals surface area contributed by atoms with Crippen LogP contribution in [0, 0.1) is 0 Å². The fraction of sp³-hybridized carbons (Fsp3) is 0.636. The van der Waals surface area contributed by atoms with Crippen LogP contribution < -0.4 is 20.9 Å². The number of benzene rings is 1. The van der Waals surface area contributed by atoms with Crippen LogP contribution in [-0.4, -0.2) is 68.6 Å². The molecule has 0 bridgehead atoms. The van der Waals surface area contributed by atoms with Crippen LogP contribution in [0.2, 0.25) is 0 Å². The standard InChI is InChI=1S/C22H36N6O/c1-22(2,28-12-5-4-6-13-28)17-26-21(23-3)25-15-18-7-9-19(10-8-18)27-14-11-24-20(29)16-27/h7-10H,4-6,11-17H2,1-3H3,(H,24,29)(H2,23,25,26). The second kappa shape index (κ2) is 9.96. The van der Waals surface area contributed by atoms with Gasteiger partial charge < -0.3 is 20.9 Å². The summed E-state index contributed by atoms with van der Waals surface area (Å²) in [6.07, 6.45) is 3.95. The van der Waals surface area contributed by atoms with Crippen LogP contribution in [0.1, 0.15) is 38.7 Å². The number of hydrogen-bond donors (Lipinski definition) is 3. The molecule has 1 amide bonds. The molecule has 3 rings (SSSR count). The number of likely N-dealkylation sites (tertiary alicyclic amines) is 1. The molecule has 160 valence electrons. The van der Waals surface area contributed by atoms with E-state index in [0.29, 0.717) is 19.6 Å². The average molecular weight is 401 g/mol. The van der Waals surface area contributed by atoms with Crippen LogP contribution in [0.15, 0.2) is 29.3 Å². The highest BCUT2D eigenvalue weighted by Gasteiger charge is 2.27. The van der Waals surface area contributed by atoms with Gasteiger partial charge in [0.2, 0.25) is 5.91 Å². The average Bonchev–Trinajstić information content (AvgIpc) is 2.75. The number of anilines is 1. The molecule has 0 atom stereocenters. The van der Waals surface area contributed by atoms with Crippen LogP contribution in [0.4, 0.5) is 5.69 Å². The van der Waals surface area contributed by atoms with Gasteiger partial charge in [-0.3, -0.25) is 14.7 Å². The number of carbonyl (C=O) groups is 1. The molecule has 2 fully saturated rings. The summed E-state index contributed by atoms with van der Waals surface area (Å²) < 4.78 is 0. The Morgan fingerprint density at radius 2 is 1.83 bits per heavy atom. The van der Waals surface area contributed by atoms with E-state index in [9.17, 15) is 4.79 Å². The zero-order valence-electron chi connectivity index (χ0n) is 18.1. The number of amides is 1. The van der Waals surface area contributed by atoms with Gasteiger partial charge in [-0.15, -0.1) is 0 Å². The van der Waals surface area contributed by atoms with Gasteiger partial charge in [0.25, 0.3) is 0 Å². The van der Waals surface area contributed by atoms with E-state index < -0.39 is 0 Å². The van der Waals surface area contributed by atoms with Gasteiger partial charge in [-0.25, -0.2) is 0 Å². The number of carbonyl (C=O) groups excluding carboxylic acids is 1. The smallest absolute Gasteiger partial charge is 0.239 e. The van der Waals surface area contributed by atoms with Crippen LogP contribution in [0.3, 0.4) is 0 Å². The van der Waals surface area contributed by atoms with Gasteiger partial charge in [0.1, 0.15) is 0 Å². The zero-order chi connectivity index (χ0) is 20.7. The summed E-state index contributed by atoms with van der Waals surface area (Å²) in [6, 6.07) is 8.40. The molecule has 29 heavy (non-hydrogen) atoms. The molecule has 3 N–H and O–H groups in total. The molecule has 0 unspecified atom stereocenters. The predicted molar refractivity (Wildman–Crippen MR) is 119 cm³/mol. The summed E-state index contributed by atoms with van der Waals surface area (Å²) in [6.45, 7) is 10.5. The number of guanidine groups is 1. The molecular weight excluding hydrogens is 364 g/mol. The molecule has 0 saturated carbocycles. The maximum atomic E-state index is 11.6. The fourth-order valence-corrected chi connectivity index (χ4v) is 4.00. The number of nitrogens with zero attached hydrogens (tertiary/aromatic N) is 3. The molecule has 1 aromatic carbocycles. The zero-order valence-corrected chi connectivity index (χ0v) is 18.1. The number of piperidine rings is 1. The lowest BCUT2D eigenvalue weighted by molar-refractivity contribution is -0.120. The van der Waals surface area contributed by atoms with Crippen molar-refractivity contribution in [1.29, 1.82) is 0 Å². The number of aliphatic imine (C=N–C) groups is 1. The first-order valence-corrected chi connectivity index (χ1v) is 10.8. The van der Waals surface area contributed by atoms with Crippen LogP contribution in [-0.2, 0) is 11.3 Å². The molecule has 1 aromatic rings. The molecule has 2 aliphatic heterocycles. The summed E-state index contributed by atoms with van der Waals surface area (Å²) in [5, 5.41) is 9.76. The van der Waals surface area contributed by atoms with E-state index in [1.807, 2.05) is 7.05 Å². The van der Waals surface area contributed by atoms with Crippen molar-refractivity contribution >= 4 is 17.6 Å². The summed E-state index contributed by atoms with van der Waals surface area (Å²) >= 11 is 0. The maximum absolute atomic E-state index is 11.6. The normalized spacial score (nSPS) is 19.1. The van der Waals surface area contributed by atoms with E-state index in [-0.39, 0.29) is 11.4 Å². The molecule has 2 heterocycles. The molecule has 7 nitrogen and oxygen atoms in total. The van der Waals surface area contributed by atoms with Crippen molar-refractivity contribution in [2.75, 3.05) is 51.2 Å². The van der Waals surface area contributed by atoms with Crippen molar-refractivity contribution in [3.8, 4) is 0 Å². The van der Waals surface area contributed by atoms with E-state index in [4.69, 9.17) is 0 Å². The minimum atomic E-state index is 0.0874. The van der Waals surface area contributed by atoms with E-state index >= 15 is 0 Å². The van der Waals surface area contributed by atoms with Crippen molar-refractivity contribution in [3.63, 3.8) is 0 Å². The lowest BCUT2D eigenvalue weighted by Crippen LogP contribution is -2.54. The Hall–Kier alpha value is -2.28. The maximum Gasteiger partial charge on any atom is 0.239 e. The van der Waals surface area contributed by atoms with Gasteiger partial charge in [0.15, 0.2) is 5.96 Å². The minimum Gasteiger partial charge on any atom is -0.360 e. The molecular formula is C22H36N6O. The van der Waals surface area contributed by atoms with Gasteiger partial charge in [-0.2, -0.15) is 0 Å². The van der Waals surface area contributed by atoms with Gasteiger partial charge in [-0.05, 0) is 57.5 Å². The van der Waals surface area contributed by atoms with E-state index in [0.717, 1.165) is 24.7 Å². The Balaban J connectivity index is 1.47. The van der Waals surface area contributed by atoms with Crippen molar-refractivity contribution in [1.82, 2.24) is 20.9 Å². The highest BCUT2D eigenvalue weighted by Crippen LogP contribution is 2.20. The number of hydrogen-bond acceptors (Lipinski definition) is 4. The molecule has 0 spiro atoms. The first-order valence-electron chi connectivity index (χ1n) is 10.8. The largest absolute Gasteiger partial charge is 0.360 e. The number of nitrogens with one attached hydrogen (secondary N) is 3. The van der Waals surface area contributed by atoms with Crippen molar-refractivity contribution in [3.05, 3.63) is 29.8 Å². The summed E-state index contributed by atoms with van der Waals surface area (Å²) in [4.78, 5) is 20.6. The summed E-state index contributed by atoms with van der Waals surface area (Å²) in [5.74, 6) is 0.913. The highest BCUT2D eigenvalue weighted by molar-refractivity contribution is 5.82. The molecule has 0 aromatic heterocycles. The summed E-state index contributed by atoms with van der Waals surface area (Å²) in [5.41, 5.74) is 2.39. The van der Waals surface area contributed by atoms with E-state index in [1.165, 1.54) is 37.9 Å². The van der Waals surface area contributed by atoms with E-state index in [2.05, 4.69) is 68.9 Å². The second-order valence-electron chi connectivity index (χ2n) is 8.58. The van der Waals surface area contributed by atoms with Crippen LogP contribution in [0.5, 0.6) is 0 Å². The molecule has 2 aliphatic rings. The van der Waals surface area contributed by atoms with Gasteiger partial charge in [0, 0.05) is 44.5 Å². The number of rotatable bonds is 6. The first-order chi connectivity index (χ1) is 14.0. The van der Waals surface area contributed by atoms with Crippen molar-refractivity contribution in [2.24, 2.45) is 4.99 Å². The van der Waals surface area contributed by atoms with Gasteiger partial charge in [-0.1, -0.05) is 18.6 Å². The lowest BCUT2D eigenvalue weighted by atomic mass is 9.98. The van der Waals surface area contributed by atoms with Gasteiger partial charge in [0.05, 0.1) is 6.54 Å². The Morgan fingerprint density at radius 3 is 2.48 bits per heavy atom. The Morgan fingerprint density at radius 1 is 1.10 bits per heavy atom. The molecule has 2 saturated heterocycles. The minimum absolute atomic E-state index is 0.0874. The van der Waals surface area contributed by atoms with Crippen LogP contribution >= 0.6 is 0 Å².